The molecule has 1 spiro atoms. The Bertz CT molecular complexity index is 1360. The third-order valence-corrected chi connectivity index (χ3v) is 9.81. The van der Waals surface area contributed by atoms with Crippen LogP contribution in [0.25, 0.3) is 0 Å². The van der Waals surface area contributed by atoms with Crippen molar-refractivity contribution in [2.24, 2.45) is 23.7 Å². The summed E-state index contributed by atoms with van der Waals surface area (Å²) in [5.74, 6) is -1.39. The molecule has 2 N–H and O–H groups in total. The summed E-state index contributed by atoms with van der Waals surface area (Å²) in [5, 5.41) is 6.32. The number of aromatic nitrogens is 1. The molecule has 210 valence electrons. The maximum atomic E-state index is 14.2. The topological polar surface area (TPSA) is 101 Å². The summed E-state index contributed by atoms with van der Waals surface area (Å²) in [6.45, 7) is 8.65. The fraction of sp³-hybridized carbons (Fsp3) is 0.500. The number of benzene rings is 1. The first-order valence-corrected chi connectivity index (χ1v) is 14.4. The number of carbonyl (C=O) groups is 3. The van der Waals surface area contributed by atoms with Crippen molar-refractivity contribution in [1.29, 1.82) is 0 Å². The maximum absolute atomic E-state index is 14.2. The van der Waals surface area contributed by atoms with Crippen LogP contribution < -0.4 is 10.6 Å². The molecule has 1 aromatic heterocycles. The number of hydrogen-bond acceptors (Lipinski definition) is 5. The van der Waals surface area contributed by atoms with Gasteiger partial charge >= 0.3 is 0 Å². The van der Waals surface area contributed by atoms with Crippen molar-refractivity contribution in [2.45, 2.75) is 77.3 Å². The van der Waals surface area contributed by atoms with Crippen LogP contribution in [-0.2, 0) is 25.7 Å². The van der Waals surface area contributed by atoms with E-state index in [-0.39, 0.29) is 30.3 Å². The summed E-state index contributed by atoms with van der Waals surface area (Å²) in [5.41, 5.74) is 2.51. The lowest BCUT2D eigenvalue weighted by Gasteiger charge is -2.38. The van der Waals surface area contributed by atoms with Gasteiger partial charge in [-0.25, -0.2) is 0 Å². The Labute approximate surface area is 235 Å². The molecule has 2 saturated heterocycles. The number of fused-ring (bicyclic) bond motifs is 1. The van der Waals surface area contributed by atoms with Crippen LogP contribution in [0.1, 0.15) is 49.8 Å². The molecule has 3 amide bonds. The second-order valence-corrected chi connectivity index (χ2v) is 12.2. The zero-order valence-electron chi connectivity index (χ0n) is 23.6. The third-order valence-electron chi connectivity index (χ3n) is 9.81. The van der Waals surface area contributed by atoms with E-state index in [9.17, 15) is 14.4 Å². The largest absolute Gasteiger partial charge is 0.359 e. The molecule has 0 unspecified atom stereocenters. The van der Waals surface area contributed by atoms with E-state index in [1.165, 1.54) is 0 Å². The third kappa shape index (κ3) is 4.33. The van der Waals surface area contributed by atoms with E-state index >= 15 is 0 Å². The smallest absolute Gasteiger partial charge is 0.246 e. The molecular weight excluding hydrogens is 504 g/mol. The van der Waals surface area contributed by atoms with Gasteiger partial charge in [-0.1, -0.05) is 51.0 Å². The van der Waals surface area contributed by atoms with Crippen LogP contribution in [0.4, 0.5) is 5.69 Å². The molecule has 3 aliphatic heterocycles. The standard InChI is InChI=1S/C32H38N4O4/c1-18-10-11-23(15-20(18)3)34-29(37)26-25-12-13-32(40-25)27(26)31(39)36(17-22-8-6-14-33-16-22)28(32)30(38)35-24-9-5-7-19(2)21(24)4/h6,8,10-16,19,21,24-28H,5,7,9,17H2,1-4H3,(H,34,37)(H,35,38)/t19-,21-,24+,25+,26-,27+,28+,32+/m0/s1. The van der Waals surface area contributed by atoms with Crippen LogP contribution in [0.15, 0.2) is 54.9 Å². The van der Waals surface area contributed by atoms with Gasteiger partial charge in [0.25, 0.3) is 0 Å². The van der Waals surface area contributed by atoms with Crippen molar-refractivity contribution in [3.8, 4) is 0 Å². The summed E-state index contributed by atoms with van der Waals surface area (Å²) >= 11 is 0. The van der Waals surface area contributed by atoms with Crippen molar-refractivity contribution < 1.29 is 19.1 Å². The number of nitrogens with one attached hydrogen (secondary N) is 2. The number of rotatable bonds is 6. The minimum Gasteiger partial charge on any atom is -0.359 e. The molecule has 2 bridgehead atoms. The summed E-state index contributed by atoms with van der Waals surface area (Å²) in [7, 11) is 0. The van der Waals surface area contributed by atoms with Gasteiger partial charge in [-0.05, 0) is 67.0 Å². The average molecular weight is 543 g/mol. The molecule has 0 radical (unpaired) electrons. The van der Waals surface area contributed by atoms with E-state index < -0.39 is 29.6 Å². The number of anilines is 1. The number of likely N-dealkylation sites (tertiary alicyclic amines) is 1. The molecule has 8 nitrogen and oxygen atoms in total. The van der Waals surface area contributed by atoms with Gasteiger partial charge in [-0.15, -0.1) is 0 Å². The zero-order chi connectivity index (χ0) is 28.2. The highest BCUT2D eigenvalue weighted by molar-refractivity contribution is 6.02. The van der Waals surface area contributed by atoms with Crippen molar-refractivity contribution in [3.63, 3.8) is 0 Å². The van der Waals surface area contributed by atoms with Gasteiger partial charge in [-0.3, -0.25) is 19.4 Å². The summed E-state index contributed by atoms with van der Waals surface area (Å²) in [4.78, 5) is 47.9. The second kappa shape index (κ2) is 10.1. The molecule has 40 heavy (non-hydrogen) atoms. The van der Waals surface area contributed by atoms with E-state index in [0.29, 0.717) is 17.5 Å². The Morgan fingerprint density at radius 3 is 2.70 bits per heavy atom. The van der Waals surface area contributed by atoms with Gasteiger partial charge in [0.05, 0.1) is 17.9 Å². The van der Waals surface area contributed by atoms with Crippen LogP contribution in [-0.4, -0.2) is 51.4 Å². The van der Waals surface area contributed by atoms with Crippen LogP contribution in [0.2, 0.25) is 0 Å². The van der Waals surface area contributed by atoms with Crippen LogP contribution >= 0.6 is 0 Å². The molecular formula is C32H38N4O4. The maximum Gasteiger partial charge on any atom is 0.246 e. The van der Waals surface area contributed by atoms with Crippen LogP contribution in [0.5, 0.6) is 0 Å². The number of carbonyl (C=O) groups excluding carboxylic acids is 3. The number of hydrogen-bond donors (Lipinski definition) is 2. The van der Waals surface area contributed by atoms with E-state index in [0.717, 1.165) is 36.0 Å². The lowest BCUT2D eigenvalue weighted by molar-refractivity contribution is -0.142. The highest BCUT2D eigenvalue weighted by atomic mass is 16.5. The van der Waals surface area contributed by atoms with E-state index in [2.05, 4.69) is 29.5 Å². The number of aryl methyl sites for hydroxylation is 2. The average Bonchev–Trinajstić information content (AvgIpc) is 3.57. The van der Waals surface area contributed by atoms with Gasteiger partial charge in [0, 0.05) is 30.7 Å². The first kappa shape index (κ1) is 26.7. The van der Waals surface area contributed by atoms with Gasteiger partial charge < -0.3 is 20.3 Å². The fourth-order valence-corrected chi connectivity index (χ4v) is 7.22. The van der Waals surface area contributed by atoms with Gasteiger partial charge in [0.15, 0.2) is 0 Å². The predicted octanol–water partition coefficient (Wildman–Crippen LogP) is 3.93. The summed E-state index contributed by atoms with van der Waals surface area (Å²) in [6.07, 6.45) is 9.66. The van der Waals surface area contributed by atoms with E-state index in [1.54, 1.807) is 17.3 Å². The van der Waals surface area contributed by atoms with Gasteiger partial charge in [0.2, 0.25) is 17.7 Å². The molecule has 1 aliphatic carbocycles. The van der Waals surface area contributed by atoms with Crippen molar-refractivity contribution >= 4 is 23.4 Å². The van der Waals surface area contributed by atoms with Gasteiger partial charge in [-0.2, -0.15) is 0 Å². The van der Waals surface area contributed by atoms with E-state index in [4.69, 9.17) is 4.74 Å². The molecule has 1 saturated carbocycles. The molecule has 8 atom stereocenters. The first-order chi connectivity index (χ1) is 19.2. The van der Waals surface area contributed by atoms with Crippen molar-refractivity contribution in [1.82, 2.24) is 15.2 Å². The monoisotopic (exact) mass is 542 g/mol. The Morgan fingerprint density at radius 1 is 1.12 bits per heavy atom. The molecule has 6 rings (SSSR count). The molecule has 3 fully saturated rings. The van der Waals surface area contributed by atoms with Crippen LogP contribution in [0, 0.1) is 37.5 Å². The summed E-state index contributed by atoms with van der Waals surface area (Å²) in [6, 6.07) is 8.63. The number of amides is 3. The van der Waals surface area contributed by atoms with Gasteiger partial charge in [0.1, 0.15) is 11.6 Å². The number of nitrogens with zero attached hydrogens (tertiary/aromatic N) is 2. The highest BCUT2D eigenvalue weighted by Crippen LogP contribution is 2.55. The van der Waals surface area contributed by atoms with Crippen molar-refractivity contribution in [3.05, 3.63) is 71.6 Å². The highest BCUT2D eigenvalue weighted by Gasteiger charge is 2.72. The van der Waals surface area contributed by atoms with Crippen molar-refractivity contribution in [2.75, 3.05) is 5.32 Å². The number of pyridine rings is 1. The summed E-state index contributed by atoms with van der Waals surface area (Å²) < 4.78 is 6.50. The zero-order valence-corrected chi connectivity index (χ0v) is 23.6. The van der Waals surface area contributed by atoms with Crippen LogP contribution in [0.3, 0.4) is 0 Å². The molecule has 8 heteroatoms. The lowest BCUT2D eigenvalue weighted by Crippen LogP contribution is -2.57. The lowest BCUT2D eigenvalue weighted by atomic mass is 9.73. The normalized spacial score (nSPS) is 34.1. The molecule has 1 aromatic carbocycles. The molecule has 4 heterocycles. The Balaban J connectivity index is 1.32. The first-order valence-electron chi connectivity index (χ1n) is 14.4. The minimum absolute atomic E-state index is 0.0356. The SMILES string of the molecule is Cc1ccc(NC(=O)[C@H]2[C@H]3C=C[C@@]4(O3)[C@H]2C(=O)N(Cc2cccnc2)[C@@H]4C(=O)N[C@@H]2CCC[C@H](C)[C@@H]2C)cc1C. The number of ether oxygens (including phenoxy) is 1. The Kier molecular flexibility index (Phi) is 6.77. The van der Waals surface area contributed by atoms with E-state index in [1.807, 2.05) is 56.3 Å². The second-order valence-electron chi connectivity index (χ2n) is 12.2. The molecule has 4 aliphatic rings. The fourth-order valence-electron chi connectivity index (χ4n) is 7.22. The molecule has 2 aromatic rings. The quantitative estimate of drug-likeness (QED) is 0.539. The predicted molar refractivity (Wildman–Crippen MR) is 151 cm³/mol. The Hall–Kier alpha value is -3.52. The minimum atomic E-state index is -1.19. The Morgan fingerprint density at radius 2 is 1.95 bits per heavy atom.